The number of piperidine rings is 1. The van der Waals surface area contributed by atoms with Crippen LogP contribution < -0.4 is 5.32 Å². The van der Waals surface area contributed by atoms with Crippen molar-refractivity contribution in [1.29, 1.82) is 0 Å². The van der Waals surface area contributed by atoms with E-state index in [-0.39, 0.29) is 17.9 Å². The first-order valence-electron chi connectivity index (χ1n) is 6.10. The lowest BCUT2D eigenvalue weighted by Gasteiger charge is -2.30. The van der Waals surface area contributed by atoms with Gasteiger partial charge in [0.2, 0.25) is 15.9 Å². The minimum Gasteiger partial charge on any atom is -0.353 e. The van der Waals surface area contributed by atoms with Gasteiger partial charge in [-0.25, -0.2) is 12.7 Å². The maximum absolute atomic E-state index is 11.9. The van der Waals surface area contributed by atoms with E-state index in [1.165, 1.54) is 10.6 Å². The highest BCUT2D eigenvalue weighted by atomic mass is 32.2. The highest BCUT2D eigenvalue weighted by Crippen LogP contribution is 2.18. The van der Waals surface area contributed by atoms with Crippen LogP contribution in [-0.2, 0) is 14.8 Å². The summed E-state index contributed by atoms with van der Waals surface area (Å²) in [6, 6.07) is 0.149. The average Bonchev–Trinajstić information content (AvgIpc) is 2.28. The maximum atomic E-state index is 11.9. The topological polar surface area (TPSA) is 66.5 Å². The van der Waals surface area contributed by atoms with Crippen molar-refractivity contribution in [3.8, 4) is 0 Å². The van der Waals surface area contributed by atoms with Gasteiger partial charge in [0.05, 0.1) is 12.2 Å². The molecule has 0 unspecified atom stereocenters. The lowest BCUT2D eigenvalue weighted by molar-refractivity contribution is -0.126. The third-order valence-corrected chi connectivity index (χ3v) is 4.49. The Morgan fingerprint density at radius 1 is 1.53 bits per heavy atom. The fourth-order valence-electron chi connectivity index (χ4n) is 1.92. The van der Waals surface area contributed by atoms with Crippen LogP contribution in [0.4, 0.5) is 0 Å². The summed E-state index contributed by atoms with van der Waals surface area (Å²) < 4.78 is 24.3. The zero-order valence-electron chi connectivity index (χ0n) is 10.8. The van der Waals surface area contributed by atoms with Crippen LogP contribution in [0.25, 0.3) is 0 Å². The molecule has 0 aromatic heterocycles. The Hall–Kier alpha value is -0.620. The number of hydrogen-bond donors (Lipinski definition) is 1. The van der Waals surface area contributed by atoms with E-state index in [4.69, 9.17) is 0 Å². The zero-order chi connectivity index (χ0) is 13.1. The molecule has 0 saturated carbocycles. The Kier molecular flexibility index (Phi) is 4.94. The first-order valence-corrected chi connectivity index (χ1v) is 7.95. The van der Waals surface area contributed by atoms with E-state index in [1.807, 2.05) is 13.8 Å². The summed E-state index contributed by atoms with van der Waals surface area (Å²) >= 11 is 0. The van der Waals surface area contributed by atoms with Crippen molar-refractivity contribution in [2.45, 2.75) is 39.2 Å². The average molecular weight is 262 g/mol. The van der Waals surface area contributed by atoms with E-state index < -0.39 is 10.0 Å². The third kappa shape index (κ3) is 4.27. The smallest absolute Gasteiger partial charge is 0.224 e. The van der Waals surface area contributed by atoms with E-state index in [2.05, 4.69) is 5.32 Å². The number of nitrogens with zero attached hydrogens (tertiary/aromatic N) is 1. The van der Waals surface area contributed by atoms with Gasteiger partial charge in [-0.1, -0.05) is 6.92 Å². The predicted octanol–water partition coefficient (Wildman–Crippen LogP) is 0.573. The lowest BCUT2D eigenvalue weighted by atomic mass is 9.98. The number of amides is 1. The SMILES string of the molecule is CC[C@H](C)NC(=O)[C@@H]1CCCN(S(C)(=O)=O)C1. The first kappa shape index (κ1) is 14.4. The molecule has 1 heterocycles. The number of sulfonamides is 1. The largest absolute Gasteiger partial charge is 0.353 e. The van der Waals surface area contributed by atoms with Crippen molar-refractivity contribution in [2.75, 3.05) is 19.3 Å². The number of rotatable bonds is 4. The molecule has 0 bridgehead atoms. The molecule has 0 aromatic carbocycles. The molecular formula is C11H22N2O3S. The van der Waals surface area contributed by atoms with Gasteiger partial charge >= 0.3 is 0 Å². The highest BCUT2D eigenvalue weighted by molar-refractivity contribution is 7.88. The minimum atomic E-state index is -3.17. The van der Waals surface area contributed by atoms with E-state index >= 15 is 0 Å². The summed E-state index contributed by atoms with van der Waals surface area (Å²) in [6.07, 6.45) is 3.61. The van der Waals surface area contributed by atoms with Crippen LogP contribution in [0.2, 0.25) is 0 Å². The van der Waals surface area contributed by atoms with Gasteiger partial charge in [-0.15, -0.1) is 0 Å². The van der Waals surface area contributed by atoms with Crippen LogP contribution in [0.15, 0.2) is 0 Å². The molecular weight excluding hydrogens is 240 g/mol. The second-order valence-electron chi connectivity index (χ2n) is 4.78. The van der Waals surface area contributed by atoms with Gasteiger partial charge < -0.3 is 5.32 Å². The van der Waals surface area contributed by atoms with Gasteiger partial charge in [-0.05, 0) is 26.2 Å². The number of carbonyl (C=O) groups is 1. The fraction of sp³-hybridized carbons (Fsp3) is 0.909. The molecule has 1 aliphatic rings. The number of nitrogens with one attached hydrogen (secondary N) is 1. The minimum absolute atomic E-state index is 0.0206. The lowest BCUT2D eigenvalue weighted by Crippen LogP contribution is -2.46. The summed E-state index contributed by atoms with van der Waals surface area (Å²) in [6.45, 7) is 4.82. The molecule has 0 spiro atoms. The quantitative estimate of drug-likeness (QED) is 0.805. The molecule has 100 valence electrons. The van der Waals surface area contributed by atoms with E-state index in [0.717, 1.165) is 19.3 Å². The molecule has 1 rings (SSSR count). The molecule has 1 aliphatic heterocycles. The Bertz CT molecular complexity index is 367. The molecule has 5 nitrogen and oxygen atoms in total. The van der Waals surface area contributed by atoms with E-state index in [1.54, 1.807) is 0 Å². The van der Waals surface area contributed by atoms with Crippen LogP contribution in [0.3, 0.4) is 0 Å². The first-order chi connectivity index (χ1) is 7.84. The van der Waals surface area contributed by atoms with Gasteiger partial charge in [0.15, 0.2) is 0 Å². The molecule has 1 fully saturated rings. The number of hydrogen-bond acceptors (Lipinski definition) is 3. The molecule has 1 amide bonds. The van der Waals surface area contributed by atoms with Gasteiger partial charge in [-0.3, -0.25) is 4.79 Å². The van der Waals surface area contributed by atoms with Crippen molar-refractivity contribution in [3.05, 3.63) is 0 Å². The van der Waals surface area contributed by atoms with Gasteiger partial charge in [0, 0.05) is 19.1 Å². The monoisotopic (exact) mass is 262 g/mol. The molecule has 2 atom stereocenters. The van der Waals surface area contributed by atoms with E-state index in [0.29, 0.717) is 13.1 Å². The summed E-state index contributed by atoms with van der Waals surface area (Å²) in [7, 11) is -3.17. The van der Waals surface area contributed by atoms with Crippen LogP contribution in [0, 0.1) is 5.92 Å². The molecule has 1 N–H and O–H groups in total. The van der Waals surface area contributed by atoms with Crippen molar-refractivity contribution in [1.82, 2.24) is 9.62 Å². The van der Waals surface area contributed by atoms with Gasteiger partial charge in [-0.2, -0.15) is 0 Å². The zero-order valence-corrected chi connectivity index (χ0v) is 11.6. The van der Waals surface area contributed by atoms with Crippen LogP contribution >= 0.6 is 0 Å². The van der Waals surface area contributed by atoms with Crippen LogP contribution in [-0.4, -0.2) is 44.0 Å². The van der Waals surface area contributed by atoms with Crippen molar-refractivity contribution >= 4 is 15.9 Å². The maximum Gasteiger partial charge on any atom is 0.224 e. The van der Waals surface area contributed by atoms with Crippen molar-refractivity contribution in [2.24, 2.45) is 5.92 Å². The summed E-state index contributed by atoms with van der Waals surface area (Å²) in [5.74, 6) is -0.222. The Morgan fingerprint density at radius 2 is 2.18 bits per heavy atom. The van der Waals surface area contributed by atoms with Crippen LogP contribution in [0.1, 0.15) is 33.1 Å². The van der Waals surface area contributed by atoms with Crippen molar-refractivity contribution in [3.63, 3.8) is 0 Å². The second-order valence-corrected chi connectivity index (χ2v) is 6.76. The van der Waals surface area contributed by atoms with E-state index in [9.17, 15) is 13.2 Å². The molecule has 0 aliphatic carbocycles. The standard InChI is InChI=1S/C11H22N2O3S/c1-4-9(2)12-11(14)10-6-5-7-13(8-10)17(3,15)16/h9-10H,4-8H2,1-3H3,(H,12,14)/t9-,10+/m0/s1. The summed E-state index contributed by atoms with van der Waals surface area (Å²) in [5, 5.41) is 2.91. The molecule has 6 heteroatoms. The fourth-order valence-corrected chi connectivity index (χ4v) is 2.83. The second kappa shape index (κ2) is 5.82. The van der Waals surface area contributed by atoms with Gasteiger partial charge in [0.25, 0.3) is 0 Å². The highest BCUT2D eigenvalue weighted by Gasteiger charge is 2.30. The molecule has 0 aromatic rings. The Labute approximate surface area is 104 Å². The predicted molar refractivity (Wildman–Crippen MR) is 67.0 cm³/mol. The number of carbonyl (C=O) groups excluding carboxylic acids is 1. The molecule has 17 heavy (non-hydrogen) atoms. The Morgan fingerprint density at radius 3 is 2.71 bits per heavy atom. The van der Waals surface area contributed by atoms with Crippen molar-refractivity contribution < 1.29 is 13.2 Å². The Balaban J connectivity index is 2.58. The molecule has 1 saturated heterocycles. The summed E-state index contributed by atoms with van der Waals surface area (Å²) in [5.41, 5.74) is 0. The summed E-state index contributed by atoms with van der Waals surface area (Å²) in [4.78, 5) is 11.9. The molecule has 0 radical (unpaired) electrons. The third-order valence-electron chi connectivity index (χ3n) is 3.22. The van der Waals surface area contributed by atoms with Crippen LogP contribution in [0.5, 0.6) is 0 Å². The van der Waals surface area contributed by atoms with Gasteiger partial charge in [0.1, 0.15) is 0 Å². The normalized spacial score (nSPS) is 24.3.